The summed E-state index contributed by atoms with van der Waals surface area (Å²) >= 11 is 0. The van der Waals surface area contributed by atoms with E-state index in [0.29, 0.717) is 5.69 Å². The lowest BCUT2D eigenvalue weighted by Gasteiger charge is -2.11. The Morgan fingerprint density at radius 3 is 2.44 bits per heavy atom. The topological polar surface area (TPSA) is 12.9 Å². The number of hydrogen-bond acceptors (Lipinski definition) is 1. The quantitative estimate of drug-likeness (QED) is 0.692. The molecule has 1 aromatic heterocycles. The van der Waals surface area contributed by atoms with Crippen molar-refractivity contribution < 1.29 is 13.2 Å². The molecule has 0 radical (unpaired) electrons. The fourth-order valence-corrected chi connectivity index (χ4v) is 1.63. The molecule has 0 atom stereocenters. The van der Waals surface area contributed by atoms with Crippen molar-refractivity contribution in [1.29, 1.82) is 0 Å². The number of nitrogens with zero attached hydrogens (tertiary/aromatic N) is 1. The first-order valence-corrected chi connectivity index (χ1v) is 5.91. The van der Waals surface area contributed by atoms with Gasteiger partial charge in [-0.1, -0.05) is 25.8 Å². The van der Waals surface area contributed by atoms with Crippen molar-refractivity contribution in [3.63, 3.8) is 0 Å². The summed E-state index contributed by atoms with van der Waals surface area (Å²) in [5.74, 6) is 5.16. The Morgan fingerprint density at radius 1 is 1.28 bits per heavy atom. The maximum Gasteiger partial charge on any atom is 0.405 e. The zero-order valence-electron chi connectivity index (χ0n) is 10.3. The third-order valence-corrected chi connectivity index (χ3v) is 3.08. The fraction of sp³-hybridized carbons (Fsp3) is 0.500. The third-order valence-electron chi connectivity index (χ3n) is 3.08. The van der Waals surface area contributed by atoms with Crippen molar-refractivity contribution in [2.45, 2.75) is 38.8 Å². The Kier molecular flexibility index (Phi) is 3.10. The van der Waals surface area contributed by atoms with Gasteiger partial charge in [0.05, 0.1) is 0 Å². The molecule has 1 aliphatic rings. The van der Waals surface area contributed by atoms with E-state index in [0.717, 1.165) is 5.69 Å². The number of alkyl halides is 3. The van der Waals surface area contributed by atoms with Crippen molar-refractivity contribution in [2.75, 3.05) is 0 Å². The van der Waals surface area contributed by atoms with Crippen molar-refractivity contribution in [3.8, 4) is 11.8 Å². The summed E-state index contributed by atoms with van der Waals surface area (Å²) < 4.78 is 38.0. The maximum absolute atomic E-state index is 12.7. The van der Waals surface area contributed by atoms with Crippen LogP contribution in [0.5, 0.6) is 0 Å². The van der Waals surface area contributed by atoms with E-state index in [1.165, 1.54) is 0 Å². The van der Waals surface area contributed by atoms with Gasteiger partial charge >= 0.3 is 6.18 Å². The van der Waals surface area contributed by atoms with Gasteiger partial charge in [0.25, 0.3) is 0 Å². The van der Waals surface area contributed by atoms with Crippen molar-refractivity contribution >= 4 is 0 Å². The van der Waals surface area contributed by atoms with Crippen molar-refractivity contribution in [2.24, 2.45) is 5.41 Å². The molecule has 1 fully saturated rings. The molecular weight excluding hydrogens is 239 g/mol. The van der Waals surface area contributed by atoms with Gasteiger partial charge in [-0.2, -0.15) is 13.2 Å². The zero-order chi connectivity index (χ0) is 13.4. The number of rotatable bonds is 1. The summed E-state index contributed by atoms with van der Waals surface area (Å²) in [6, 6.07) is 5.28. The molecule has 1 nitrogen and oxygen atoms in total. The first-order valence-electron chi connectivity index (χ1n) is 5.91. The summed E-state index contributed by atoms with van der Waals surface area (Å²) in [6.07, 6.45) is -4.02. The van der Waals surface area contributed by atoms with Crippen LogP contribution in [0.1, 0.15) is 44.0 Å². The highest BCUT2D eigenvalue weighted by Crippen LogP contribution is 2.57. The van der Waals surface area contributed by atoms with E-state index >= 15 is 0 Å². The Labute approximate surface area is 104 Å². The highest BCUT2D eigenvalue weighted by atomic mass is 19.4. The van der Waals surface area contributed by atoms with Crippen LogP contribution in [-0.2, 0) is 0 Å². The second-order valence-electron chi connectivity index (χ2n) is 4.93. The van der Waals surface area contributed by atoms with E-state index in [1.807, 2.05) is 19.9 Å². The van der Waals surface area contributed by atoms with Crippen molar-refractivity contribution in [1.82, 2.24) is 4.98 Å². The lowest BCUT2D eigenvalue weighted by atomic mass is 10.1. The van der Waals surface area contributed by atoms with Crippen LogP contribution in [0.15, 0.2) is 18.2 Å². The Bertz CT molecular complexity index is 502. The van der Waals surface area contributed by atoms with Gasteiger partial charge in [-0.3, -0.25) is 0 Å². The molecule has 1 heterocycles. The maximum atomic E-state index is 12.7. The summed E-state index contributed by atoms with van der Waals surface area (Å²) in [4.78, 5) is 4.24. The van der Waals surface area contributed by atoms with Gasteiger partial charge in [0.15, 0.2) is 0 Å². The molecule has 0 amide bonds. The molecule has 96 valence electrons. The van der Waals surface area contributed by atoms with Gasteiger partial charge in [0.1, 0.15) is 11.1 Å². The molecule has 0 aliphatic heterocycles. The molecule has 0 spiro atoms. The van der Waals surface area contributed by atoms with Gasteiger partial charge in [-0.05, 0) is 36.8 Å². The number of halogens is 3. The van der Waals surface area contributed by atoms with E-state index in [2.05, 4.69) is 16.8 Å². The van der Waals surface area contributed by atoms with E-state index < -0.39 is 11.6 Å². The average Bonchev–Trinajstić information content (AvgIpc) is 3.07. The molecule has 0 unspecified atom stereocenters. The van der Waals surface area contributed by atoms with Gasteiger partial charge < -0.3 is 0 Å². The van der Waals surface area contributed by atoms with Crippen LogP contribution in [0.3, 0.4) is 0 Å². The lowest BCUT2D eigenvalue weighted by molar-refractivity contribution is -0.168. The number of aromatic nitrogens is 1. The summed E-state index contributed by atoms with van der Waals surface area (Å²) in [5.41, 5.74) is -0.516. The second-order valence-corrected chi connectivity index (χ2v) is 4.93. The van der Waals surface area contributed by atoms with Crippen LogP contribution in [0.2, 0.25) is 0 Å². The highest BCUT2D eigenvalue weighted by molar-refractivity contribution is 5.34. The predicted octanol–water partition coefficient (Wildman–Crippen LogP) is 3.90. The molecule has 1 aromatic rings. The first-order chi connectivity index (χ1) is 8.34. The van der Waals surface area contributed by atoms with Gasteiger partial charge in [0.2, 0.25) is 0 Å². The van der Waals surface area contributed by atoms with E-state index in [9.17, 15) is 13.2 Å². The molecule has 2 rings (SSSR count). The highest BCUT2D eigenvalue weighted by Gasteiger charge is 2.62. The second kappa shape index (κ2) is 4.31. The molecule has 18 heavy (non-hydrogen) atoms. The minimum absolute atomic E-state index is 0.105. The molecule has 4 heteroatoms. The Hall–Kier alpha value is -1.50. The Balaban J connectivity index is 2.23. The minimum Gasteiger partial charge on any atom is -0.244 e. The van der Waals surface area contributed by atoms with Gasteiger partial charge in [0, 0.05) is 5.69 Å². The van der Waals surface area contributed by atoms with Crippen LogP contribution in [0.25, 0.3) is 0 Å². The average molecular weight is 253 g/mol. The van der Waals surface area contributed by atoms with Gasteiger partial charge in [-0.25, -0.2) is 4.98 Å². The smallest absolute Gasteiger partial charge is 0.244 e. The number of pyridine rings is 1. The predicted molar refractivity (Wildman–Crippen MR) is 62.9 cm³/mol. The van der Waals surface area contributed by atoms with Crippen LogP contribution in [0, 0.1) is 17.3 Å². The summed E-state index contributed by atoms with van der Waals surface area (Å²) in [5, 5.41) is 0. The largest absolute Gasteiger partial charge is 0.405 e. The minimum atomic E-state index is -4.23. The first kappa shape index (κ1) is 12.9. The Morgan fingerprint density at radius 2 is 1.94 bits per heavy atom. The van der Waals surface area contributed by atoms with Crippen LogP contribution >= 0.6 is 0 Å². The molecule has 1 saturated carbocycles. The van der Waals surface area contributed by atoms with Crippen LogP contribution < -0.4 is 0 Å². The molecule has 0 N–H and O–H groups in total. The van der Waals surface area contributed by atoms with E-state index in [4.69, 9.17) is 0 Å². The molecular formula is C14H14F3N. The third kappa shape index (κ3) is 2.50. The van der Waals surface area contributed by atoms with E-state index in [-0.39, 0.29) is 18.8 Å². The van der Waals surface area contributed by atoms with Crippen LogP contribution in [0.4, 0.5) is 13.2 Å². The SMILES string of the molecule is CC(C)c1cccc(C#CC2(C(F)(F)F)CC2)n1. The molecule has 1 aliphatic carbocycles. The molecule has 0 bridgehead atoms. The number of hydrogen-bond donors (Lipinski definition) is 0. The molecule has 0 aromatic carbocycles. The van der Waals surface area contributed by atoms with Crippen LogP contribution in [-0.4, -0.2) is 11.2 Å². The van der Waals surface area contributed by atoms with Gasteiger partial charge in [-0.15, -0.1) is 0 Å². The van der Waals surface area contributed by atoms with E-state index in [1.54, 1.807) is 12.1 Å². The lowest BCUT2D eigenvalue weighted by Crippen LogP contribution is -2.22. The fourth-order valence-electron chi connectivity index (χ4n) is 1.63. The summed E-state index contributed by atoms with van der Waals surface area (Å²) in [7, 11) is 0. The van der Waals surface area contributed by atoms with Crippen molar-refractivity contribution in [3.05, 3.63) is 29.6 Å². The monoisotopic (exact) mass is 253 g/mol. The standard InChI is InChI=1S/C14H14F3N/c1-10(2)12-5-3-4-11(18-12)6-7-13(8-9-13)14(15,16)17/h3-5,10H,8-9H2,1-2H3. The summed E-state index contributed by atoms with van der Waals surface area (Å²) in [6.45, 7) is 3.97. The molecule has 0 saturated heterocycles. The normalized spacial score (nSPS) is 17.2. The zero-order valence-corrected chi connectivity index (χ0v) is 10.3.